The minimum Gasteiger partial charge on any atom is -0.481 e. The summed E-state index contributed by atoms with van der Waals surface area (Å²) in [6, 6.07) is 8.50. The lowest BCUT2D eigenvalue weighted by molar-refractivity contribution is -0.137. The molecular formula is C16H22ClNO2. The zero-order chi connectivity index (χ0) is 14.4. The summed E-state index contributed by atoms with van der Waals surface area (Å²) < 4.78 is 0. The SMILES string of the molecule is O=C(O)CCCN(Cc1ccccc1Cl)C1CCCC1. The van der Waals surface area contributed by atoms with Crippen molar-refractivity contribution in [1.82, 2.24) is 4.90 Å². The number of carbonyl (C=O) groups is 1. The molecule has 20 heavy (non-hydrogen) atoms. The van der Waals surface area contributed by atoms with E-state index < -0.39 is 5.97 Å². The van der Waals surface area contributed by atoms with E-state index in [1.807, 2.05) is 18.2 Å². The van der Waals surface area contributed by atoms with Gasteiger partial charge in [0.1, 0.15) is 0 Å². The minimum atomic E-state index is -0.714. The molecule has 0 saturated heterocycles. The van der Waals surface area contributed by atoms with Gasteiger partial charge in [-0.1, -0.05) is 42.6 Å². The molecule has 0 bridgehead atoms. The molecule has 110 valence electrons. The Labute approximate surface area is 125 Å². The van der Waals surface area contributed by atoms with Crippen LogP contribution in [0.5, 0.6) is 0 Å². The zero-order valence-electron chi connectivity index (χ0n) is 11.7. The number of carboxylic acids is 1. The van der Waals surface area contributed by atoms with Crippen molar-refractivity contribution in [2.24, 2.45) is 0 Å². The van der Waals surface area contributed by atoms with Crippen molar-refractivity contribution in [3.63, 3.8) is 0 Å². The van der Waals surface area contributed by atoms with Gasteiger partial charge in [0.15, 0.2) is 0 Å². The fourth-order valence-electron chi connectivity index (χ4n) is 2.94. The molecule has 0 heterocycles. The molecule has 1 fully saturated rings. The molecule has 0 unspecified atom stereocenters. The highest BCUT2D eigenvalue weighted by atomic mass is 35.5. The van der Waals surface area contributed by atoms with Gasteiger partial charge in [0, 0.05) is 24.0 Å². The molecule has 0 amide bonds. The Morgan fingerprint density at radius 1 is 1.30 bits per heavy atom. The molecule has 1 aliphatic rings. The maximum Gasteiger partial charge on any atom is 0.303 e. The summed E-state index contributed by atoms with van der Waals surface area (Å²) in [5.74, 6) is -0.714. The number of benzene rings is 1. The van der Waals surface area contributed by atoms with E-state index in [0.29, 0.717) is 12.5 Å². The van der Waals surface area contributed by atoms with E-state index in [2.05, 4.69) is 11.0 Å². The zero-order valence-corrected chi connectivity index (χ0v) is 12.5. The lowest BCUT2D eigenvalue weighted by Crippen LogP contribution is -2.34. The first-order valence-corrected chi connectivity index (χ1v) is 7.74. The van der Waals surface area contributed by atoms with Crippen molar-refractivity contribution in [2.75, 3.05) is 6.54 Å². The normalized spacial score (nSPS) is 15.9. The van der Waals surface area contributed by atoms with Gasteiger partial charge in [0.25, 0.3) is 0 Å². The number of carboxylic acid groups (broad SMARTS) is 1. The lowest BCUT2D eigenvalue weighted by Gasteiger charge is -2.29. The second kappa shape index (κ2) is 7.65. The summed E-state index contributed by atoms with van der Waals surface area (Å²) in [4.78, 5) is 13.1. The van der Waals surface area contributed by atoms with Crippen LogP contribution in [0.25, 0.3) is 0 Å². The average molecular weight is 296 g/mol. The van der Waals surface area contributed by atoms with Crippen LogP contribution in [-0.4, -0.2) is 28.6 Å². The third-order valence-electron chi connectivity index (χ3n) is 4.01. The van der Waals surface area contributed by atoms with Gasteiger partial charge < -0.3 is 5.11 Å². The fourth-order valence-corrected chi connectivity index (χ4v) is 3.13. The van der Waals surface area contributed by atoms with Gasteiger partial charge >= 0.3 is 5.97 Å². The Morgan fingerprint density at radius 2 is 2.00 bits per heavy atom. The summed E-state index contributed by atoms with van der Waals surface area (Å²) in [7, 11) is 0. The Balaban J connectivity index is 1.98. The van der Waals surface area contributed by atoms with Crippen molar-refractivity contribution in [3.05, 3.63) is 34.9 Å². The van der Waals surface area contributed by atoms with E-state index in [0.717, 1.165) is 23.7 Å². The molecule has 1 aromatic carbocycles. The summed E-state index contributed by atoms with van der Waals surface area (Å²) in [5, 5.41) is 9.59. The lowest BCUT2D eigenvalue weighted by atomic mass is 10.1. The van der Waals surface area contributed by atoms with Crippen molar-refractivity contribution in [3.8, 4) is 0 Å². The quantitative estimate of drug-likeness (QED) is 0.828. The summed E-state index contributed by atoms with van der Waals surface area (Å²) >= 11 is 6.24. The first-order chi connectivity index (χ1) is 9.66. The Morgan fingerprint density at radius 3 is 2.65 bits per heavy atom. The molecule has 0 spiro atoms. The number of hydrogen-bond donors (Lipinski definition) is 1. The number of hydrogen-bond acceptors (Lipinski definition) is 2. The number of nitrogens with zero attached hydrogens (tertiary/aromatic N) is 1. The monoisotopic (exact) mass is 295 g/mol. The van der Waals surface area contributed by atoms with E-state index in [-0.39, 0.29) is 6.42 Å². The third-order valence-corrected chi connectivity index (χ3v) is 4.38. The largest absolute Gasteiger partial charge is 0.481 e. The summed E-state index contributed by atoms with van der Waals surface area (Å²) in [6.07, 6.45) is 5.95. The van der Waals surface area contributed by atoms with E-state index in [1.165, 1.54) is 25.7 Å². The smallest absolute Gasteiger partial charge is 0.303 e. The van der Waals surface area contributed by atoms with Crippen molar-refractivity contribution in [1.29, 1.82) is 0 Å². The first-order valence-electron chi connectivity index (χ1n) is 7.36. The Bertz CT molecular complexity index is 444. The topological polar surface area (TPSA) is 40.5 Å². The molecule has 1 aliphatic carbocycles. The van der Waals surface area contributed by atoms with Gasteiger partial charge in [-0.25, -0.2) is 0 Å². The second-order valence-electron chi connectivity index (χ2n) is 5.50. The van der Waals surface area contributed by atoms with Gasteiger partial charge in [0.2, 0.25) is 0 Å². The van der Waals surface area contributed by atoms with Crippen LogP contribution in [0, 0.1) is 0 Å². The second-order valence-corrected chi connectivity index (χ2v) is 5.90. The predicted molar refractivity (Wildman–Crippen MR) is 81.0 cm³/mol. The maximum absolute atomic E-state index is 10.7. The molecule has 1 aromatic rings. The molecule has 0 atom stereocenters. The molecule has 0 aliphatic heterocycles. The number of aliphatic carboxylic acids is 1. The van der Waals surface area contributed by atoms with E-state index in [4.69, 9.17) is 16.7 Å². The van der Waals surface area contributed by atoms with Crippen LogP contribution in [0.15, 0.2) is 24.3 Å². The fraction of sp³-hybridized carbons (Fsp3) is 0.562. The highest BCUT2D eigenvalue weighted by Gasteiger charge is 2.23. The maximum atomic E-state index is 10.7. The van der Waals surface area contributed by atoms with Crippen molar-refractivity contribution < 1.29 is 9.90 Å². The van der Waals surface area contributed by atoms with Crippen LogP contribution in [0.3, 0.4) is 0 Å². The standard InChI is InChI=1S/C16H22ClNO2/c17-15-9-4-1-6-13(15)12-18(11-5-10-16(19)20)14-7-2-3-8-14/h1,4,6,9,14H,2-3,5,7-8,10-12H2,(H,19,20). The van der Waals surface area contributed by atoms with E-state index in [1.54, 1.807) is 0 Å². The van der Waals surface area contributed by atoms with Crippen LogP contribution in [0.4, 0.5) is 0 Å². The number of rotatable bonds is 7. The minimum absolute atomic E-state index is 0.242. The first kappa shape index (κ1) is 15.3. The van der Waals surface area contributed by atoms with Crippen LogP contribution < -0.4 is 0 Å². The van der Waals surface area contributed by atoms with Gasteiger partial charge in [-0.05, 0) is 37.4 Å². The summed E-state index contributed by atoms with van der Waals surface area (Å²) in [6.45, 7) is 1.66. The Kier molecular flexibility index (Phi) is 5.86. The molecular weight excluding hydrogens is 274 g/mol. The van der Waals surface area contributed by atoms with Gasteiger partial charge in [-0.2, -0.15) is 0 Å². The molecule has 0 aromatic heterocycles. The molecule has 1 N–H and O–H groups in total. The van der Waals surface area contributed by atoms with Crippen molar-refractivity contribution >= 4 is 17.6 Å². The molecule has 2 rings (SSSR count). The highest BCUT2D eigenvalue weighted by Crippen LogP contribution is 2.27. The van der Waals surface area contributed by atoms with E-state index >= 15 is 0 Å². The Hall–Kier alpha value is -1.06. The van der Waals surface area contributed by atoms with Gasteiger partial charge in [-0.15, -0.1) is 0 Å². The average Bonchev–Trinajstić information content (AvgIpc) is 2.93. The molecule has 1 saturated carbocycles. The van der Waals surface area contributed by atoms with Crippen LogP contribution >= 0.6 is 11.6 Å². The predicted octanol–water partition coefficient (Wildman–Crippen LogP) is 3.95. The highest BCUT2D eigenvalue weighted by molar-refractivity contribution is 6.31. The van der Waals surface area contributed by atoms with Crippen LogP contribution in [0.1, 0.15) is 44.1 Å². The molecule has 0 radical (unpaired) electrons. The molecule has 3 nitrogen and oxygen atoms in total. The third kappa shape index (κ3) is 4.50. The molecule has 4 heteroatoms. The van der Waals surface area contributed by atoms with E-state index in [9.17, 15) is 4.79 Å². The van der Waals surface area contributed by atoms with Crippen LogP contribution in [-0.2, 0) is 11.3 Å². The van der Waals surface area contributed by atoms with Gasteiger partial charge in [-0.3, -0.25) is 9.69 Å². The van der Waals surface area contributed by atoms with Gasteiger partial charge in [0.05, 0.1) is 0 Å². The van der Waals surface area contributed by atoms with Crippen molar-refractivity contribution in [2.45, 2.75) is 51.1 Å². The number of halogens is 1. The summed E-state index contributed by atoms with van der Waals surface area (Å²) in [5.41, 5.74) is 1.14. The van der Waals surface area contributed by atoms with Crippen LogP contribution in [0.2, 0.25) is 5.02 Å².